The van der Waals surface area contributed by atoms with Crippen LogP contribution in [0.4, 0.5) is 24.5 Å². The van der Waals surface area contributed by atoms with E-state index in [9.17, 15) is 22.8 Å². The maximum absolute atomic E-state index is 14.4. The number of aromatic nitrogens is 3. The van der Waals surface area contributed by atoms with Crippen LogP contribution in [0.25, 0.3) is 38.3 Å². The third-order valence-electron chi connectivity index (χ3n) is 8.52. The monoisotopic (exact) mass is 641 g/mol. The van der Waals surface area contributed by atoms with Gasteiger partial charge in [-0.1, -0.05) is 41.9 Å². The molecule has 4 aromatic carbocycles. The lowest BCUT2D eigenvalue weighted by atomic mass is 10.0. The highest BCUT2D eigenvalue weighted by atomic mass is 35.5. The molecule has 8 nitrogen and oxygen atoms in total. The van der Waals surface area contributed by atoms with Crippen molar-refractivity contribution in [2.24, 2.45) is 0 Å². The average molecular weight is 642 g/mol. The molecule has 6 aromatic rings. The van der Waals surface area contributed by atoms with E-state index in [0.717, 1.165) is 20.8 Å². The van der Waals surface area contributed by atoms with E-state index in [-0.39, 0.29) is 36.7 Å². The SMILES string of the molecule is O=C1COCCN1c1ccc(N2CCc3c(C(F)(F)F)nn(-c4ccc5cc(Cl)ccc5c4)c3C2=O)c2nc3ccccc3cc12. The number of benzene rings is 4. The molecule has 1 saturated heterocycles. The molecule has 12 heteroatoms. The van der Waals surface area contributed by atoms with E-state index in [1.54, 1.807) is 53.4 Å². The Labute approximate surface area is 264 Å². The summed E-state index contributed by atoms with van der Waals surface area (Å²) in [6.07, 6.45) is -4.83. The third kappa shape index (κ3) is 4.57. The van der Waals surface area contributed by atoms with E-state index < -0.39 is 17.8 Å². The molecular weight excluding hydrogens is 619 g/mol. The van der Waals surface area contributed by atoms with Gasteiger partial charge in [0.25, 0.3) is 11.8 Å². The minimum Gasteiger partial charge on any atom is -0.370 e. The lowest BCUT2D eigenvalue weighted by molar-refractivity contribution is -0.142. The number of carbonyl (C=O) groups is 2. The highest BCUT2D eigenvalue weighted by Gasteiger charge is 2.43. The largest absolute Gasteiger partial charge is 0.435 e. The van der Waals surface area contributed by atoms with Gasteiger partial charge in [0.15, 0.2) is 5.69 Å². The van der Waals surface area contributed by atoms with Gasteiger partial charge >= 0.3 is 6.18 Å². The van der Waals surface area contributed by atoms with Gasteiger partial charge in [0, 0.05) is 34.4 Å². The predicted octanol–water partition coefficient (Wildman–Crippen LogP) is 6.97. The first-order chi connectivity index (χ1) is 22.2. The molecule has 8 rings (SSSR count). The summed E-state index contributed by atoms with van der Waals surface area (Å²) >= 11 is 6.13. The zero-order valence-corrected chi connectivity index (χ0v) is 24.8. The summed E-state index contributed by atoms with van der Waals surface area (Å²) in [5.41, 5.74) is 1.10. The van der Waals surface area contributed by atoms with Crippen molar-refractivity contribution in [1.29, 1.82) is 0 Å². The average Bonchev–Trinajstić information content (AvgIpc) is 3.45. The zero-order chi connectivity index (χ0) is 31.7. The number of hydrogen-bond acceptors (Lipinski definition) is 5. The number of morpholine rings is 1. The minimum absolute atomic E-state index is 0.0176. The molecule has 0 saturated carbocycles. The Kier molecular flexibility index (Phi) is 6.52. The number of rotatable bonds is 3. The summed E-state index contributed by atoms with van der Waals surface area (Å²) in [4.78, 5) is 35.2. The van der Waals surface area contributed by atoms with Gasteiger partial charge in [-0.2, -0.15) is 18.3 Å². The van der Waals surface area contributed by atoms with Gasteiger partial charge in [-0.05, 0) is 65.7 Å². The summed E-state index contributed by atoms with van der Waals surface area (Å²) in [6, 6.07) is 23.1. The summed E-state index contributed by atoms with van der Waals surface area (Å²) < 4.78 is 49.3. The quantitative estimate of drug-likeness (QED) is 0.195. The van der Waals surface area contributed by atoms with Gasteiger partial charge in [0.05, 0.1) is 34.7 Å². The first-order valence-electron chi connectivity index (χ1n) is 14.6. The van der Waals surface area contributed by atoms with Crippen LogP contribution in [0.1, 0.15) is 21.7 Å². The smallest absolute Gasteiger partial charge is 0.370 e. The van der Waals surface area contributed by atoms with Crippen LogP contribution in [0.5, 0.6) is 0 Å². The molecule has 0 atom stereocenters. The number of nitrogens with zero attached hydrogens (tertiary/aromatic N) is 5. The summed E-state index contributed by atoms with van der Waals surface area (Å²) in [5, 5.41) is 7.51. The highest BCUT2D eigenvalue weighted by molar-refractivity contribution is 6.31. The van der Waals surface area contributed by atoms with Crippen molar-refractivity contribution < 1.29 is 27.5 Å². The van der Waals surface area contributed by atoms with Crippen LogP contribution in [-0.2, 0) is 22.1 Å². The van der Waals surface area contributed by atoms with Crippen LogP contribution in [0.3, 0.4) is 0 Å². The van der Waals surface area contributed by atoms with E-state index >= 15 is 0 Å². The Bertz CT molecular complexity index is 2250. The Hall–Kier alpha value is -5.00. The molecule has 46 heavy (non-hydrogen) atoms. The zero-order valence-electron chi connectivity index (χ0n) is 24.0. The number of fused-ring (bicyclic) bond motifs is 4. The molecule has 0 unspecified atom stereocenters. The number of halogens is 4. The van der Waals surface area contributed by atoms with Gasteiger partial charge in [-0.25, -0.2) is 9.67 Å². The highest BCUT2D eigenvalue weighted by Crippen LogP contribution is 2.41. The summed E-state index contributed by atoms with van der Waals surface area (Å²) in [6.45, 7) is 0.654. The van der Waals surface area contributed by atoms with Gasteiger partial charge in [0.1, 0.15) is 12.3 Å². The fraction of sp³-hybridized carbons (Fsp3) is 0.176. The molecule has 0 bridgehead atoms. The first-order valence-corrected chi connectivity index (χ1v) is 15.0. The van der Waals surface area contributed by atoms with E-state index in [1.165, 1.54) is 4.90 Å². The van der Waals surface area contributed by atoms with Crippen molar-refractivity contribution in [2.45, 2.75) is 12.6 Å². The van der Waals surface area contributed by atoms with Crippen LogP contribution in [-0.4, -0.2) is 52.9 Å². The number of hydrogen-bond donors (Lipinski definition) is 0. The second-order valence-electron chi connectivity index (χ2n) is 11.2. The maximum Gasteiger partial charge on any atom is 0.435 e. The number of ether oxygens (including phenoxy) is 1. The van der Waals surface area contributed by atoms with Crippen molar-refractivity contribution in [1.82, 2.24) is 14.8 Å². The second kappa shape index (κ2) is 10.5. The first kappa shape index (κ1) is 28.5. The number of amides is 2. The number of alkyl halides is 3. The van der Waals surface area contributed by atoms with Crippen LogP contribution in [0, 0.1) is 0 Å². The molecule has 2 aliphatic heterocycles. The molecule has 0 aliphatic carbocycles. The number of para-hydroxylation sites is 1. The number of anilines is 2. The molecule has 1 fully saturated rings. The molecule has 2 amide bonds. The van der Waals surface area contributed by atoms with Crippen molar-refractivity contribution in [3.63, 3.8) is 0 Å². The fourth-order valence-electron chi connectivity index (χ4n) is 6.40. The van der Waals surface area contributed by atoms with Crippen molar-refractivity contribution in [3.05, 3.63) is 101 Å². The van der Waals surface area contributed by atoms with E-state index in [0.29, 0.717) is 51.7 Å². The Morgan fingerprint density at radius 3 is 2.43 bits per heavy atom. The second-order valence-corrected chi connectivity index (χ2v) is 11.7. The van der Waals surface area contributed by atoms with Crippen LogP contribution >= 0.6 is 11.6 Å². The number of carbonyl (C=O) groups excluding carboxylic acids is 2. The Morgan fingerprint density at radius 2 is 1.61 bits per heavy atom. The summed E-state index contributed by atoms with van der Waals surface area (Å²) in [5.74, 6) is -0.833. The van der Waals surface area contributed by atoms with E-state index in [4.69, 9.17) is 21.3 Å². The lowest BCUT2D eigenvalue weighted by Crippen LogP contribution is -2.42. The van der Waals surface area contributed by atoms with Gasteiger partial charge < -0.3 is 14.5 Å². The van der Waals surface area contributed by atoms with Gasteiger partial charge in [-0.15, -0.1) is 0 Å². The van der Waals surface area contributed by atoms with Crippen molar-refractivity contribution >= 4 is 67.4 Å². The van der Waals surface area contributed by atoms with Gasteiger partial charge in [-0.3, -0.25) is 9.59 Å². The molecule has 2 aromatic heterocycles. The normalized spacial score (nSPS) is 15.7. The summed E-state index contributed by atoms with van der Waals surface area (Å²) in [7, 11) is 0. The van der Waals surface area contributed by atoms with Crippen LogP contribution in [0.2, 0.25) is 5.02 Å². The van der Waals surface area contributed by atoms with Crippen molar-refractivity contribution in [3.8, 4) is 5.69 Å². The molecule has 0 N–H and O–H groups in total. The molecule has 0 radical (unpaired) electrons. The maximum atomic E-state index is 14.4. The molecule has 230 valence electrons. The Balaban J connectivity index is 1.30. The molecule has 4 heterocycles. The van der Waals surface area contributed by atoms with Gasteiger partial charge in [0.2, 0.25) is 0 Å². The van der Waals surface area contributed by atoms with Crippen LogP contribution < -0.4 is 9.80 Å². The molecule has 2 aliphatic rings. The molecular formula is C34H23ClF3N5O3. The number of pyridine rings is 1. The van der Waals surface area contributed by atoms with E-state index in [2.05, 4.69) is 5.10 Å². The van der Waals surface area contributed by atoms with E-state index in [1.807, 2.05) is 30.3 Å². The third-order valence-corrected chi connectivity index (χ3v) is 8.76. The minimum atomic E-state index is -4.76. The topological polar surface area (TPSA) is 80.6 Å². The fourth-order valence-corrected chi connectivity index (χ4v) is 6.58. The standard InChI is InChI=1S/C34H23ClF3N5O3/c35-22-7-5-20-16-23(8-6-19(20)15-22)43-31-24(32(40-43)34(36,37)38)11-12-42(33(31)45)28-10-9-27(41-13-14-46-18-29(41)44)25-17-21-3-1-2-4-26(21)39-30(25)28/h1-10,15-17H,11-14,18H2. The lowest BCUT2D eigenvalue weighted by Gasteiger charge is -2.31. The Morgan fingerprint density at radius 1 is 0.826 bits per heavy atom. The molecule has 0 spiro atoms. The van der Waals surface area contributed by atoms with Crippen molar-refractivity contribution in [2.75, 3.05) is 36.1 Å². The van der Waals surface area contributed by atoms with Crippen LogP contribution in [0.15, 0.2) is 78.9 Å². The predicted molar refractivity (Wildman–Crippen MR) is 169 cm³/mol.